The van der Waals surface area contributed by atoms with Crippen molar-refractivity contribution < 1.29 is 30.6 Å². The van der Waals surface area contributed by atoms with Crippen LogP contribution in [0.5, 0.6) is 0 Å². The van der Waals surface area contributed by atoms with Gasteiger partial charge in [0.05, 0.1) is 6.04 Å². The van der Waals surface area contributed by atoms with Crippen molar-refractivity contribution in [2.45, 2.75) is 31.3 Å². The van der Waals surface area contributed by atoms with Gasteiger partial charge in [-0.3, -0.25) is 9.69 Å². The van der Waals surface area contributed by atoms with Crippen molar-refractivity contribution in [3.8, 4) is 0 Å². The third kappa shape index (κ3) is 3.66. The molecule has 2 rings (SSSR count). The highest BCUT2D eigenvalue weighted by atomic mass is 32.2. The Morgan fingerprint density at radius 1 is 1.22 bits per heavy atom. The smallest absolute Gasteiger partial charge is 0.357 e. The standard InChI is InChI=1S/C14H14F3NO4S/c1-10(11-6-3-2-4-7-11)18-12(19)8-5-9-13(18)22-23(20,21)14(15,16)17/h2-4,6-7,9-10H,5,8H2,1H3/t10-/m1/s1. The monoisotopic (exact) mass is 349 g/mol. The van der Waals surface area contributed by atoms with Crippen LogP contribution in [0, 0.1) is 0 Å². The molecule has 1 atom stereocenters. The minimum Gasteiger partial charge on any atom is -0.357 e. The van der Waals surface area contributed by atoms with Gasteiger partial charge in [0.2, 0.25) is 11.8 Å². The molecule has 1 aromatic rings. The molecule has 1 aliphatic rings. The van der Waals surface area contributed by atoms with Gasteiger partial charge < -0.3 is 4.18 Å². The summed E-state index contributed by atoms with van der Waals surface area (Å²) >= 11 is 0. The molecule has 0 fully saturated rings. The molecule has 0 N–H and O–H groups in total. The van der Waals surface area contributed by atoms with E-state index in [1.807, 2.05) is 0 Å². The highest BCUT2D eigenvalue weighted by molar-refractivity contribution is 7.87. The molecule has 23 heavy (non-hydrogen) atoms. The molecule has 0 unspecified atom stereocenters. The van der Waals surface area contributed by atoms with Gasteiger partial charge in [-0.2, -0.15) is 21.6 Å². The SMILES string of the molecule is C[C@H](c1ccccc1)N1C(=O)CCC=C1OS(=O)(=O)C(F)(F)F. The zero-order chi connectivity index (χ0) is 17.3. The second kappa shape index (κ2) is 6.23. The minimum atomic E-state index is -5.83. The fraction of sp³-hybridized carbons (Fsp3) is 0.357. The Hall–Kier alpha value is -2.03. The predicted molar refractivity (Wildman–Crippen MR) is 75.1 cm³/mol. The van der Waals surface area contributed by atoms with Crippen LogP contribution in [-0.4, -0.2) is 24.7 Å². The first-order chi connectivity index (χ1) is 10.6. The summed E-state index contributed by atoms with van der Waals surface area (Å²) in [5.74, 6) is -1.12. The number of nitrogens with zero attached hydrogens (tertiary/aromatic N) is 1. The van der Waals surface area contributed by atoms with Gasteiger partial charge in [0.15, 0.2) is 0 Å². The zero-order valence-corrected chi connectivity index (χ0v) is 12.9. The number of halogens is 3. The number of amides is 1. The highest BCUT2D eigenvalue weighted by Crippen LogP contribution is 2.33. The van der Waals surface area contributed by atoms with Crippen molar-refractivity contribution in [3.63, 3.8) is 0 Å². The maximum atomic E-state index is 12.5. The van der Waals surface area contributed by atoms with Crippen LogP contribution in [0.25, 0.3) is 0 Å². The van der Waals surface area contributed by atoms with Crippen LogP contribution >= 0.6 is 0 Å². The van der Waals surface area contributed by atoms with Crippen LogP contribution < -0.4 is 0 Å². The van der Waals surface area contributed by atoms with E-state index in [1.165, 1.54) is 6.08 Å². The lowest BCUT2D eigenvalue weighted by atomic mass is 10.0. The minimum absolute atomic E-state index is 0.0656. The summed E-state index contributed by atoms with van der Waals surface area (Å²) in [6.45, 7) is 1.58. The van der Waals surface area contributed by atoms with Crippen LogP contribution in [0.2, 0.25) is 0 Å². The summed E-state index contributed by atoms with van der Waals surface area (Å²) in [6, 6.07) is 7.85. The molecule has 0 bridgehead atoms. The quantitative estimate of drug-likeness (QED) is 0.619. The van der Waals surface area contributed by atoms with Crippen LogP contribution in [-0.2, 0) is 19.1 Å². The van der Waals surface area contributed by atoms with Crippen LogP contribution in [0.4, 0.5) is 13.2 Å². The Kier molecular flexibility index (Phi) is 4.69. The van der Waals surface area contributed by atoms with Gasteiger partial charge in [-0.15, -0.1) is 0 Å². The average molecular weight is 349 g/mol. The van der Waals surface area contributed by atoms with E-state index in [9.17, 15) is 26.4 Å². The molecule has 1 heterocycles. The first-order valence-electron chi connectivity index (χ1n) is 6.71. The fourth-order valence-electron chi connectivity index (χ4n) is 2.18. The summed E-state index contributed by atoms with van der Waals surface area (Å²) < 4.78 is 64.1. The Morgan fingerprint density at radius 3 is 2.39 bits per heavy atom. The number of hydrogen-bond donors (Lipinski definition) is 0. The first kappa shape index (κ1) is 17.3. The van der Waals surface area contributed by atoms with E-state index in [1.54, 1.807) is 37.3 Å². The van der Waals surface area contributed by atoms with Crippen molar-refractivity contribution in [1.29, 1.82) is 0 Å². The second-order valence-electron chi connectivity index (χ2n) is 4.91. The van der Waals surface area contributed by atoms with Gasteiger partial charge >= 0.3 is 15.6 Å². The summed E-state index contributed by atoms with van der Waals surface area (Å²) in [5.41, 5.74) is -4.92. The maximum absolute atomic E-state index is 12.5. The van der Waals surface area contributed by atoms with Gasteiger partial charge in [-0.1, -0.05) is 30.3 Å². The number of rotatable bonds is 4. The normalized spacial score (nSPS) is 17.7. The molecule has 1 amide bonds. The third-order valence-electron chi connectivity index (χ3n) is 3.33. The Morgan fingerprint density at radius 2 is 1.83 bits per heavy atom. The number of carbonyl (C=O) groups is 1. The summed E-state index contributed by atoms with van der Waals surface area (Å²) in [6.07, 6.45) is 1.35. The van der Waals surface area contributed by atoms with Crippen molar-refractivity contribution in [2.75, 3.05) is 0 Å². The first-order valence-corrected chi connectivity index (χ1v) is 8.12. The molecule has 1 aliphatic heterocycles. The van der Waals surface area contributed by atoms with Gasteiger partial charge in [0.25, 0.3) is 0 Å². The lowest BCUT2D eigenvalue weighted by molar-refractivity contribution is -0.134. The number of alkyl halides is 3. The van der Waals surface area contributed by atoms with Gasteiger partial charge in [-0.25, -0.2) is 0 Å². The van der Waals surface area contributed by atoms with E-state index in [0.717, 1.165) is 4.90 Å². The summed E-state index contributed by atoms with van der Waals surface area (Å²) in [7, 11) is -5.83. The van der Waals surface area contributed by atoms with Gasteiger partial charge in [-0.05, 0) is 25.0 Å². The van der Waals surface area contributed by atoms with Crippen molar-refractivity contribution >= 4 is 16.0 Å². The second-order valence-corrected chi connectivity index (χ2v) is 6.45. The van der Waals surface area contributed by atoms with E-state index in [4.69, 9.17) is 0 Å². The van der Waals surface area contributed by atoms with Crippen LogP contribution in [0.1, 0.15) is 31.4 Å². The molecule has 126 valence electrons. The summed E-state index contributed by atoms with van der Waals surface area (Å²) in [4.78, 5) is 13.0. The van der Waals surface area contributed by atoms with Crippen LogP contribution in [0.3, 0.4) is 0 Å². The molecule has 9 heteroatoms. The Labute approximate surface area is 131 Å². The molecule has 0 radical (unpaired) electrons. The van der Waals surface area contributed by atoms with Gasteiger partial charge in [0.1, 0.15) is 0 Å². The molecule has 0 saturated heterocycles. The number of allylic oxidation sites excluding steroid dienone is 1. The largest absolute Gasteiger partial charge is 0.534 e. The van der Waals surface area contributed by atoms with Crippen LogP contribution in [0.15, 0.2) is 42.3 Å². The third-order valence-corrected chi connectivity index (χ3v) is 4.29. The topological polar surface area (TPSA) is 63.7 Å². The van der Waals surface area contributed by atoms with Crippen molar-refractivity contribution in [1.82, 2.24) is 4.90 Å². The lowest BCUT2D eigenvalue weighted by Gasteiger charge is -2.33. The molecule has 0 aromatic heterocycles. The molecule has 0 saturated carbocycles. The number of hydrogen-bond acceptors (Lipinski definition) is 4. The van der Waals surface area contributed by atoms with E-state index >= 15 is 0 Å². The highest BCUT2D eigenvalue weighted by Gasteiger charge is 2.50. The molecule has 0 aliphatic carbocycles. The summed E-state index contributed by atoms with van der Waals surface area (Å²) in [5, 5.41) is 0. The van der Waals surface area contributed by atoms with E-state index in [0.29, 0.717) is 5.56 Å². The van der Waals surface area contributed by atoms with Crippen molar-refractivity contribution in [2.24, 2.45) is 0 Å². The maximum Gasteiger partial charge on any atom is 0.534 e. The fourth-order valence-corrected chi connectivity index (χ4v) is 2.65. The average Bonchev–Trinajstić information content (AvgIpc) is 2.46. The molecule has 5 nitrogen and oxygen atoms in total. The Bertz CT molecular complexity index is 713. The molecular weight excluding hydrogens is 335 g/mol. The van der Waals surface area contributed by atoms with E-state index in [2.05, 4.69) is 4.18 Å². The molecular formula is C14H14F3NO4S. The predicted octanol–water partition coefficient (Wildman–Crippen LogP) is 3.08. The molecule has 0 spiro atoms. The molecule has 1 aromatic carbocycles. The van der Waals surface area contributed by atoms with Crippen molar-refractivity contribution in [3.05, 3.63) is 47.9 Å². The number of benzene rings is 1. The lowest BCUT2D eigenvalue weighted by Crippen LogP contribution is -2.38. The van der Waals surface area contributed by atoms with E-state index < -0.39 is 33.5 Å². The Balaban J connectivity index is 2.34. The zero-order valence-electron chi connectivity index (χ0n) is 12.1. The van der Waals surface area contributed by atoms with E-state index in [-0.39, 0.29) is 12.8 Å². The van der Waals surface area contributed by atoms with Gasteiger partial charge in [0, 0.05) is 6.42 Å². The number of carbonyl (C=O) groups excluding carboxylic acids is 1.